The van der Waals surface area contributed by atoms with Gasteiger partial charge in [0.15, 0.2) is 5.82 Å². The summed E-state index contributed by atoms with van der Waals surface area (Å²) in [5.41, 5.74) is 0.923. The number of carboxylic acid groups (broad SMARTS) is 1. The van der Waals surface area contributed by atoms with Crippen LogP contribution in [0.1, 0.15) is 121 Å². The molecule has 0 spiro atoms. The number of pyridine rings is 1. The zero-order chi connectivity index (χ0) is 39.3. The molecule has 2 aromatic rings. The first-order chi connectivity index (χ1) is 25.2. The highest BCUT2D eigenvalue weighted by Crippen LogP contribution is 2.75. The predicted octanol–water partition coefficient (Wildman–Crippen LogP) is 8.88. The Labute approximate surface area is 324 Å². The monoisotopic (exact) mass is 744 g/mol. The van der Waals surface area contributed by atoms with Crippen molar-refractivity contribution in [2.45, 2.75) is 132 Å². The van der Waals surface area contributed by atoms with E-state index in [1.807, 2.05) is 31.6 Å². The van der Waals surface area contributed by atoms with Crippen molar-refractivity contribution < 1.29 is 19.4 Å². The Morgan fingerprint density at radius 3 is 2.39 bits per heavy atom. The molecule has 9 nitrogen and oxygen atoms in total. The van der Waals surface area contributed by atoms with E-state index in [-0.39, 0.29) is 50.2 Å². The number of rotatable bonds is 9. The third-order valence-corrected chi connectivity index (χ3v) is 17.7. The first-order valence-corrected chi connectivity index (χ1v) is 20.9. The van der Waals surface area contributed by atoms with Gasteiger partial charge in [0, 0.05) is 34.3 Å². The molecule has 3 saturated carbocycles. The van der Waals surface area contributed by atoms with Crippen LogP contribution in [-0.4, -0.2) is 69.3 Å². The van der Waals surface area contributed by atoms with Crippen molar-refractivity contribution >= 4 is 5.97 Å². The molecule has 298 valence electrons. The van der Waals surface area contributed by atoms with Crippen molar-refractivity contribution in [2.24, 2.45) is 62.1 Å². The molecule has 4 fully saturated rings. The van der Waals surface area contributed by atoms with E-state index in [9.17, 15) is 9.90 Å². The van der Waals surface area contributed by atoms with Gasteiger partial charge in [0.05, 0.1) is 37.9 Å². The van der Waals surface area contributed by atoms with Gasteiger partial charge in [-0.3, -0.25) is 9.78 Å². The van der Waals surface area contributed by atoms with Crippen molar-refractivity contribution in [3.63, 3.8) is 0 Å². The van der Waals surface area contributed by atoms with E-state index < -0.39 is 11.9 Å². The van der Waals surface area contributed by atoms with Crippen molar-refractivity contribution in [3.05, 3.63) is 42.5 Å². The lowest BCUT2D eigenvalue weighted by Crippen LogP contribution is -2.69. The van der Waals surface area contributed by atoms with Crippen molar-refractivity contribution in [1.29, 1.82) is 0 Å². The van der Waals surface area contributed by atoms with Gasteiger partial charge in [-0.25, -0.2) is 9.67 Å². The minimum Gasteiger partial charge on any atom is -0.481 e. The van der Waals surface area contributed by atoms with Gasteiger partial charge in [-0.05, 0) is 110 Å². The summed E-state index contributed by atoms with van der Waals surface area (Å²) in [6.45, 7) is 27.3. The molecule has 12 atom stereocenters. The van der Waals surface area contributed by atoms with Gasteiger partial charge in [0.25, 0.3) is 0 Å². The number of carboxylic acids is 1. The maximum atomic E-state index is 13.6. The summed E-state index contributed by atoms with van der Waals surface area (Å²) in [5.74, 6) is 1.19. The largest absolute Gasteiger partial charge is 0.481 e. The number of nitrogens with zero attached hydrogens (tertiary/aromatic N) is 4. The van der Waals surface area contributed by atoms with Crippen molar-refractivity contribution in [1.82, 2.24) is 25.1 Å². The van der Waals surface area contributed by atoms with Gasteiger partial charge in [0.2, 0.25) is 0 Å². The van der Waals surface area contributed by atoms with E-state index in [0.29, 0.717) is 43.5 Å². The van der Waals surface area contributed by atoms with E-state index in [1.54, 1.807) is 6.33 Å². The number of hydrogen-bond acceptors (Lipinski definition) is 7. The standard InChI is InChI=1S/C45H69N5O4/c1-28(2)29(3)40(7)19-20-42(9)31-13-14-34-41(8)24-53-26-45(34,32(31)15-18-43(42,10)35(40)38(51)52)23-33(36(41)54-25-44(11,46-12)39(4,5)6)50-37(48-27-49-50)30-16-21-47-22-17-30/h15-17,21-22,27-29,31,33-36,46H,13-14,18-20,23-26H2,1-12H3,(H,51,52)/t29-,31+,33-,34+,35-,36+,40-,41+,42-,43+,44+,45?/m1/s1. The summed E-state index contributed by atoms with van der Waals surface area (Å²) in [6, 6.07) is 3.94. The van der Waals surface area contributed by atoms with Crippen LogP contribution < -0.4 is 5.32 Å². The third-order valence-electron chi connectivity index (χ3n) is 17.7. The molecule has 5 aliphatic rings. The topological polar surface area (TPSA) is 111 Å². The molecule has 0 aromatic carbocycles. The highest BCUT2D eigenvalue weighted by Gasteiger charge is 2.72. The molecular weight excluding hydrogens is 675 g/mol. The summed E-state index contributed by atoms with van der Waals surface area (Å²) in [4.78, 5) is 22.7. The summed E-state index contributed by atoms with van der Waals surface area (Å²) in [6.07, 6.45) is 13.5. The molecule has 0 amide bonds. The molecule has 2 aromatic heterocycles. The second-order valence-electron chi connectivity index (χ2n) is 20.9. The Bertz CT molecular complexity index is 1750. The Hall–Kier alpha value is -2.62. The van der Waals surface area contributed by atoms with Crippen LogP contribution in [-0.2, 0) is 14.3 Å². The van der Waals surface area contributed by atoms with Gasteiger partial charge in [0.1, 0.15) is 6.33 Å². The Kier molecular flexibility index (Phi) is 9.70. The smallest absolute Gasteiger partial charge is 0.307 e. The number of fused-ring (bicyclic) bond motifs is 3. The van der Waals surface area contributed by atoms with E-state index in [4.69, 9.17) is 19.6 Å². The molecule has 0 radical (unpaired) electrons. The maximum Gasteiger partial charge on any atom is 0.307 e. The first kappa shape index (κ1) is 39.6. The molecule has 1 saturated heterocycles. The summed E-state index contributed by atoms with van der Waals surface area (Å²) >= 11 is 0. The molecule has 7 rings (SSSR count). The molecular formula is C45H69N5O4. The van der Waals surface area contributed by atoms with Crippen LogP contribution in [0.15, 0.2) is 42.5 Å². The highest BCUT2D eigenvalue weighted by molar-refractivity contribution is 5.73. The molecule has 1 unspecified atom stereocenters. The lowest BCUT2D eigenvalue weighted by molar-refractivity contribution is -0.253. The molecule has 2 bridgehead atoms. The van der Waals surface area contributed by atoms with Gasteiger partial charge in [-0.1, -0.05) is 80.9 Å². The molecule has 1 aliphatic heterocycles. The van der Waals surface area contributed by atoms with E-state index >= 15 is 0 Å². The molecule has 3 heterocycles. The first-order valence-electron chi connectivity index (χ1n) is 20.9. The molecule has 4 aliphatic carbocycles. The van der Waals surface area contributed by atoms with Crippen LogP contribution in [0.4, 0.5) is 0 Å². The number of likely N-dealkylation sites (N-methyl/N-ethyl adjacent to an activating group) is 1. The fourth-order valence-corrected chi connectivity index (χ4v) is 13.2. The second kappa shape index (κ2) is 13.2. The zero-order valence-corrected chi connectivity index (χ0v) is 35.3. The number of allylic oxidation sites excluding steroid dienone is 1. The quantitative estimate of drug-likeness (QED) is 0.245. The number of nitrogens with one attached hydrogen (secondary N) is 1. The average molecular weight is 744 g/mol. The summed E-state index contributed by atoms with van der Waals surface area (Å²) < 4.78 is 16.4. The minimum atomic E-state index is -0.618. The third kappa shape index (κ3) is 5.47. The Morgan fingerprint density at radius 2 is 1.76 bits per heavy atom. The molecule has 9 heteroatoms. The van der Waals surface area contributed by atoms with Crippen LogP contribution in [0.5, 0.6) is 0 Å². The van der Waals surface area contributed by atoms with Crippen LogP contribution in [0.25, 0.3) is 11.4 Å². The Balaban J connectivity index is 1.35. The van der Waals surface area contributed by atoms with Crippen LogP contribution in [0.3, 0.4) is 0 Å². The van der Waals surface area contributed by atoms with Gasteiger partial charge < -0.3 is 19.9 Å². The second-order valence-corrected chi connectivity index (χ2v) is 20.9. The predicted molar refractivity (Wildman–Crippen MR) is 213 cm³/mol. The number of hydrogen-bond donors (Lipinski definition) is 2. The fourth-order valence-electron chi connectivity index (χ4n) is 13.2. The zero-order valence-electron chi connectivity index (χ0n) is 35.3. The van der Waals surface area contributed by atoms with Crippen LogP contribution in [0, 0.1) is 62.1 Å². The highest BCUT2D eigenvalue weighted by atomic mass is 16.5. The molecule has 2 N–H and O–H groups in total. The van der Waals surface area contributed by atoms with Crippen LogP contribution >= 0.6 is 0 Å². The number of ether oxygens (including phenoxy) is 2. The fraction of sp³-hybridized carbons (Fsp3) is 0.778. The van der Waals surface area contributed by atoms with E-state index in [1.165, 1.54) is 5.57 Å². The van der Waals surface area contributed by atoms with Crippen LogP contribution in [0.2, 0.25) is 0 Å². The van der Waals surface area contributed by atoms with Crippen molar-refractivity contribution in [2.75, 3.05) is 26.9 Å². The van der Waals surface area contributed by atoms with Crippen molar-refractivity contribution in [3.8, 4) is 11.4 Å². The summed E-state index contributed by atoms with van der Waals surface area (Å²) in [5, 5.41) is 19.8. The lowest BCUT2D eigenvalue weighted by Gasteiger charge is -2.71. The molecule has 54 heavy (non-hydrogen) atoms. The number of aromatic nitrogens is 4. The number of aliphatic carboxylic acids is 1. The maximum absolute atomic E-state index is 13.6. The van der Waals surface area contributed by atoms with Gasteiger partial charge in [-0.2, -0.15) is 5.10 Å². The number of carbonyl (C=O) groups is 1. The SMILES string of the molecule is CN[C@@](C)(CO[C@H]1[C@H](n2ncnc2-c2ccncc2)CC23COC[C@@]1(C)[C@@H]2CC[C@H]1C3=CC[C@@]2(C)[C@H](C(=O)O)[C@@](C)([C@H](C)C(C)C)CC[C@]12C)C(C)(C)C. The average Bonchev–Trinajstić information content (AvgIpc) is 3.60. The lowest BCUT2D eigenvalue weighted by atomic mass is 9.34. The van der Waals surface area contributed by atoms with Gasteiger partial charge >= 0.3 is 5.97 Å². The normalized spacial score (nSPS) is 40.8. The summed E-state index contributed by atoms with van der Waals surface area (Å²) in [7, 11) is 2.04. The van der Waals surface area contributed by atoms with Gasteiger partial charge in [-0.15, -0.1) is 0 Å². The van der Waals surface area contributed by atoms with E-state index in [0.717, 1.165) is 49.9 Å². The van der Waals surface area contributed by atoms with E-state index in [2.05, 4.69) is 97.2 Å². The minimum absolute atomic E-state index is 0.0427. The Morgan fingerprint density at radius 1 is 1.06 bits per heavy atom.